The maximum atomic E-state index is 12.5. The van der Waals surface area contributed by atoms with E-state index in [2.05, 4.69) is 56.4 Å². The molecule has 2 atom stereocenters. The minimum absolute atomic E-state index is 0.0192. The Balaban J connectivity index is 4.59. The highest BCUT2D eigenvalue weighted by Gasteiger charge is 2.27. The molecule has 0 aliphatic rings. The molecule has 0 rings (SSSR count). The molecule has 10 heteroatoms. The molecule has 0 spiro atoms. The molecule has 0 aromatic rings. The van der Waals surface area contributed by atoms with Crippen molar-refractivity contribution in [2.75, 3.05) is 47.5 Å². The molecule has 0 saturated carbocycles. The molecule has 264 valence electrons. The molecule has 0 amide bonds. The van der Waals surface area contributed by atoms with Crippen LogP contribution in [0.4, 0.5) is 0 Å². The molecule has 0 radical (unpaired) electrons. The highest BCUT2D eigenvalue weighted by atomic mass is 31.2. The fraction of sp³-hybridized carbons (Fsp3) is 0.667. The van der Waals surface area contributed by atoms with Gasteiger partial charge in [-0.25, -0.2) is 4.57 Å². The molecule has 0 heterocycles. The van der Waals surface area contributed by atoms with Crippen LogP contribution in [0.5, 0.6) is 0 Å². The summed E-state index contributed by atoms with van der Waals surface area (Å²) in [6.07, 6.45) is 31.5. The number of carbonyl (C=O) groups is 2. The van der Waals surface area contributed by atoms with E-state index in [-0.39, 0.29) is 26.1 Å². The Hall–Kier alpha value is -2.29. The molecule has 0 aromatic heterocycles. The summed E-state index contributed by atoms with van der Waals surface area (Å²) in [5.74, 6) is -0.878. The number of hydrogen-bond donors (Lipinski definition) is 1. The van der Waals surface area contributed by atoms with Crippen LogP contribution in [0.15, 0.2) is 60.8 Å². The van der Waals surface area contributed by atoms with Gasteiger partial charge < -0.3 is 18.9 Å². The lowest BCUT2D eigenvalue weighted by molar-refractivity contribution is -0.870. The SMILES string of the molecule is CC/C=C/C=C/C=C/CCCCCCCC(=O)OC(COC(=O)CCCC/C=C/C/C=C/CC)COP(=O)(O)OCC[N+](C)(C)C. The van der Waals surface area contributed by atoms with E-state index in [0.29, 0.717) is 23.9 Å². The number of esters is 2. The zero-order chi connectivity index (χ0) is 34.4. The summed E-state index contributed by atoms with van der Waals surface area (Å²) in [6, 6.07) is 0. The molecule has 2 unspecified atom stereocenters. The predicted octanol–water partition coefficient (Wildman–Crippen LogP) is 8.56. The van der Waals surface area contributed by atoms with E-state index in [1.807, 2.05) is 39.4 Å². The molecule has 9 nitrogen and oxygen atoms in total. The first-order chi connectivity index (χ1) is 22.0. The van der Waals surface area contributed by atoms with Gasteiger partial charge in [-0.2, -0.15) is 0 Å². The number of allylic oxidation sites excluding steroid dienone is 10. The van der Waals surface area contributed by atoms with E-state index < -0.39 is 32.5 Å². The van der Waals surface area contributed by atoms with Crippen molar-refractivity contribution in [2.24, 2.45) is 0 Å². The summed E-state index contributed by atoms with van der Waals surface area (Å²) in [5, 5.41) is 0. The van der Waals surface area contributed by atoms with Crippen LogP contribution >= 0.6 is 7.82 Å². The molecular formula is C36H63NO8P+. The molecule has 0 fully saturated rings. The second kappa shape index (κ2) is 28.9. The minimum atomic E-state index is -4.38. The van der Waals surface area contributed by atoms with Gasteiger partial charge in [0.15, 0.2) is 6.10 Å². The number of phosphoric acid groups is 1. The average Bonchev–Trinajstić information content (AvgIpc) is 2.99. The fourth-order valence-corrected chi connectivity index (χ4v) is 4.67. The van der Waals surface area contributed by atoms with Crippen molar-refractivity contribution >= 4 is 19.8 Å². The van der Waals surface area contributed by atoms with Gasteiger partial charge in [-0.3, -0.25) is 18.6 Å². The van der Waals surface area contributed by atoms with Crippen molar-refractivity contribution in [2.45, 2.75) is 110 Å². The lowest BCUT2D eigenvalue weighted by Crippen LogP contribution is -2.37. The summed E-state index contributed by atoms with van der Waals surface area (Å²) < 4.78 is 33.9. The third-order valence-electron chi connectivity index (χ3n) is 6.60. The number of ether oxygens (including phenoxy) is 2. The molecular weight excluding hydrogens is 605 g/mol. The lowest BCUT2D eigenvalue weighted by atomic mass is 10.1. The second-order valence-corrected chi connectivity index (χ2v) is 13.6. The van der Waals surface area contributed by atoms with Gasteiger partial charge in [0, 0.05) is 12.8 Å². The highest BCUT2D eigenvalue weighted by Crippen LogP contribution is 2.43. The fourth-order valence-electron chi connectivity index (χ4n) is 3.93. The topological polar surface area (TPSA) is 108 Å². The number of hydrogen-bond acceptors (Lipinski definition) is 7. The first-order valence-electron chi connectivity index (χ1n) is 17.0. The molecule has 0 saturated heterocycles. The minimum Gasteiger partial charge on any atom is -0.462 e. The van der Waals surface area contributed by atoms with E-state index >= 15 is 0 Å². The van der Waals surface area contributed by atoms with Crippen LogP contribution in [-0.2, 0) is 32.7 Å². The van der Waals surface area contributed by atoms with E-state index in [9.17, 15) is 19.0 Å². The molecule has 0 aliphatic carbocycles. The van der Waals surface area contributed by atoms with Gasteiger partial charge >= 0.3 is 19.8 Å². The Morgan fingerprint density at radius 3 is 2.00 bits per heavy atom. The van der Waals surface area contributed by atoms with E-state index in [1.54, 1.807) is 0 Å². The maximum Gasteiger partial charge on any atom is 0.472 e. The van der Waals surface area contributed by atoms with Crippen LogP contribution in [0, 0.1) is 0 Å². The molecule has 1 N–H and O–H groups in total. The first-order valence-corrected chi connectivity index (χ1v) is 18.5. The predicted molar refractivity (Wildman–Crippen MR) is 187 cm³/mol. The highest BCUT2D eigenvalue weighted by molar-refractivity contribution is 7.47. The number of likely N-dealkylation sites (N-methyl/N-ethyl adjacent to an activating group) is 1. The summed E-state index contributed by atoms with van der Waals surface area (Å²) in [6.45, 7) is 4.04. The Bertz CT molecular complexity index is 981. The molecule has 0 bridgehead atoms. The summed E-state index contributed by atoms with van der Waals surface area (Å²) >= 11 is 0. The van der Waals surface area contributed by atoms with Gasteiger partial charge in [0.25, 0.3) is 0 Å². The zero-order valence-electron chi connectivity index (χ0n) is 29.3. The normalized spacial score (nSPS) is 14.7. The average molecular weight is 669 g/mol. The van der Waals surface area contributed by atoms with Gasteiger partial charge in [0.05, 0.1) is 27.7 Å². The standard InChI is InChI=1S/C36H62NO8P/c1-6-8-10-12-14-16-17-18-19-21-23-25-27-29-36(39)45-34(33-44-46(40,41)43-31-30-37(3,4)5)32-42-35(38)28-26-24-22-20-15-13-11-9-7-2/h8-12,14-17,20,34H,6-7,13,18-19,21-33H2,1-5H3/p+1/b10-8+,11-9+,14-12+,17-16+,20-15+. The van der Waals surface area contributed by atoms with E-state index in [4.69, 9.17) is 18.5 Å². The number of phosphoric ester groups is 1. The van der Waals surface area contributed by atoms with Crippen molar-refractivity contribution in [1.29, 1.82) is 0 Å². The maximum absolute atomic E-state index is 12.5. The van der Waals surface area contributed by atoms with Crippen molar-refractivity contribution < 1.29 is 42.1 Å². The third kappa shape index (κ3) is 31.7. The van der Waals surface area contributed by atoms with Crippen LogP contribution in [0.25, 0.3) is 0 Å². The smallest absolute Gasteiger partial charge is 0.462 e. The first kappa shape index (κ1) is 43.7. The molecule has 46 heavy (non-hydrogen) atoms. The van der Waals surface area contributed by atoms with Crippen molar-refractivity contribution in [3.05, 3.63) is 60.8 Å². The van der Waals surface area contributed by atoms with Crippen molar-refractivity contribution in [3.8, 4) is 0 Å². The van der Waals surface area contributed by atoms with Crippen LogP contribution in [0.3, 0.4) is 0 Å². The van der Waals surface area contributed by atoms with Crippen molar-refractivity contribution in [1.82, 2.24) is 0 Å². The van der Waals surface area contributed by atoms with E-state index in [1.165, 1.54) is 0 Å². The Morgan fingerprint density at radius 1 is 0.696 bits per heavy atom. The van der Waals surface area contributed by atoms with Crippen LogP contribution in [0.2, 0.25) is 0 Å². The molecule has 0 aliphatic heterocycles. The zero-order valence-corrected chi connectivity index (χ0v) is 30.2. The van der Waals surface area contributed by atoms with E-state index in [0.717, 1.165) is 64.2 Å². The van der Waals surface area contributed by atoms with Gasteiger partial charge in [0.2, 0.25) is 0 Å². The Labute approximate surface area is 279 Å². The van der Waals surface area contributed by atoms with Crippen LogP contribution in [0.1, 0.15) is 104 Å². The summed E-state index contributed by atoms with van der Waals surface area (Å²) in [4.78, 5) is 35.0. The van der Waals surface area contributed by atoms with Gasteiger partial charge in [-0.15, -0.1) is 0 Å². The Kier molecular flexibility index (Phi) is 27.5. The van der Waals surface area contributed by atoms with Crippen molar-refractivity contribution in [3.63, 3.8) is 0 Å². The number of carbonyl (C=O) groups excluding carboxylic acids is 2. The third-order valence-corrected chi connectivity index (χ3v) is 7.59. The van der Waals surface area contributed by atoms with Gasteiger partial charge in [-0.05, 0) is 57.8 Å². The molecule has 0 aromatic carbocycles. The van der Waals surface area contributed by atoms with Gasteiger partial charge in [-0.1, -0.05) is 93.9 Å². The number of quaternary nitrogens is 1. The summed E-state index contributed by atoms with van der Waals surface area (Å²) in [7, 11) is 1.43. The monoisotopic (exact) mass is 668 g/mol. The van der Waals surface area contributed by atoms with Gasteiger partial charge in [0.1, 0.15) is 19.8 Å². The van der Waals surface area contributed by atoms with Crippen LogP contribution < -0.4 is 0 Å². The number of unbranched alkanes of at least 4 members (excludes halogenated alkanes) is 7. The quantitative estimate of drug-likeness (QED) is 0.0211. The lowest BCUT2D eigenvalue weighted by Gasteiger charge is -2.24. The Morgan fingerprint density at radius 2 is 1.28 bits per heavy atom. The van der Waals surface area contributed by atoms with Crippen LogP contribution in [-0.4, -0.2) is 74.9 Å². The second-order valence-electron chi connectivity index (χ2n) is 12.2. The summed E-state index contributed by atoms with van der Waals surface area (Å²) in [5.41, 5.74) is 0. The number of nitrogens with zero attached hydrogens (tertiary/aromatic N) is 1. The largest absolute Gasteiger partial charge is 0.472 e. The number of rotatable bonds is 29.